The summed E-state index contributed by atoms with van der Waals surface area (Å²) in [4.78, 5) is 0. The van der Waals surface area contributed by atoms with Gasteiger partial charge in [-0.3, -0.25) is 0 Å². The average molecular weight is 365 g/mol. The Morgan fingerprint density at radius 3 is 2.05 bits per heavy atom. The predicted molar refractivity (Wildman–Crippen MR) is 95.3 cm³/mol. The van der Waals surface area contributed by atoms with Crippen molar-refractivity contribution in [1.29, 1.82) is 0 Å². The summed E-state index contributed by atoms with van der Waals surface area (Å²) in [5, 5.41) is 2.04. The molecule has 0 aliphatic heterocycles. The lowest BCUT2D eigenvalue weighted by Crippen LogP contribution is -2.26. The topological polar surface area (TPSA) is 26.0 Å². The van der Waals surface area contributed by atoms with Gasteiger partial charge in [0.1, 0.15) is 0 Å². The van der Waals surface area contributed by atoms with Crippen molar-refractivity contribution in [3.05, 3.63) is 68.7 Å². The van der Waals surface area contributed by atoms with Crippen LogP contribution in [0, 0.1) is 0 Å². The molecule has 2 aromatic carbocycles. The van der Waals surface area contributed by atoms with Crippen LogP contribution in [0.1, 0.15) is 24.0 Å². The summed E-state index contributed by atoms with van der Waals surface area (Å²) >= 11 is 18.1. The second-order valence-corrected chi connectivity index (χ2v) is 6.24. The Morgan fingerprint density at radius 1 is 0.952 bits per heavy atom. The molecule has 0 radical (unpaired) electrons. The Labute approximate surface area is 146 Å². The van der Waals surface area contributed by atoms with E-state index < -0.39 is 0 Å². The standard InChI is InChI=1S/C16H16Cl3N.ClH/c1-10(20)15(11-2-5-13(17)6-3-11)8-12-4-7-14(18)9-16(12)19;/h2-7,9-10,15H,8,20H2,1H3;1H. The van der Waals surface area contributed by atoms with Gasteiger partial charge in [-0.2, -0.15) is 0 Å². The summed E-state index contributed by atoms with van der Waals surface area (Å²) in [6.07, 6.45) is 0.773. The molecule has 2 aromatic rings. The van der Waals surface area contributed by atoms with Crippen molar-refractivity contribution in [2.75, 3.05) is 0 Å². The number of rotatable bonds is 4. The van der Waals surface area contributed by atoms with Crippen LogP contribution in [0.2, 0.25) is 15.1 Å². The van der Waals surface area contributed by atoms with Gasteiger partial charge < -0.3 is 5.73 Å². The Bertz CT molecular complexity index is 581. The summed E-state index contributed by atoms with van der Waals surface area (Å²) in [6, 6.07) is 13.4. The maximum absolute atomic E-state index is 6.24. The molecular formula is C16H17Cl4N. The van der Waals surface area contributed by atoms with E-state index >= 15 is 0 Å². The van der Waals surface area contributed by atoms with Crippen molar-refractivity contribution in [1.82, 2.24) is 0 Å². The fourth-order valence-corrected chi connectivity index (χ4v) is 2.85. The first-order valence-electron chi connectivity index (χ1n) is 6.42. The summed E-state index contributed by atoms with van der Waals surface area (Å²) < 4.78 is 0. The van der Waals surface area contributed by atoms with Crippen LogP contribution in [0.4, 0.5) is 0 Å². The van der Waals surface area contributed by atoms with Crippen LogP contribution in [-0.2, 0) is 6.42 Å². The summed E-state index contributed by atoms with van der Waals surface area (Å²) in [5.74, 6) is 0.186. The number of hydrogen-bond donors (Lipinski definition) is 1. The van der Waals surface area contributed by atoms with Gasteiger partial charge >= 0.3 is 0 Å². The van der Waals surface area contributed by atoms with Gasteiger partial charge in [0, 0.05) is 27.0 Å². The van der Waals surface area contributed by atoms with Crippen LogP contribution in [0.3, 0.4) is 0 Å². The Morgan fingerprint density at radius 2 is 1.52 bits per heavy atom. The van der Waals surface area contributed by atoms with E-state index in [1.54, 1.807) is 6.07 Å². The first-order chi connectivity index (χ1) is 9.47. The molecule has 2 rings (SSSR count). The van der Waals surface area contributed by atoms with E-state index in [0.29, 0.717) is 10.0 Å². The van der Waals surface area contributed by atoms with E-state index in [9.17, 15) is 0 Å². The molecule has 0 saturated heterocycles. The highest BCUT2D eigenvalue weighted by Gasteiger charge is 2.18. The highest BCUT2D eigenvalue weighted by atomic mass is 35.5. The molecule has 0 spiro atoms. The minimum atomic E-state index is 0. The van der Waals surface area contributed by atoms with Crippen molar-refractivity contribution in [2.24, 2.45) is 5.73 Å². The van der Waals surface area contributed by atoms with Crippen LogP contribution in [-0.4, -0.2) is 6.04 Å². The molecule has 2 unspecified atom stereocenters. The van der Waals surface area contributed by atoms with Gasteiger partial charge in [-0.15, -0.1) is 12.4 Å². The van der Waals surface area contributed by atoms with Crippen molar-refractivity contribution in [3.63, 3.8) is 0 Å². The zero-order valence-electron chi connectivity index (χ0n) is 11.5. The van der Waals surface area contributed by atoms with Gasteiger partial charge in [0.2, 0.25) is 0 Å². The molecule has 0 heterocycles. The van der Waals surface area contributed by atoms with Crippen LogP contribution in [0.25, 0.3) is 0 Å². The molecule has 0 bridgehead atoms. The maximum atomic E-state index is 6.24. The molecule has 0 aromatic heterocycles. The SMILES string of the molecule is CC(N)C(Cc1ccc(Cl)cc1Cl)c1ccc(Cl)cc1.Cl. The summed E-state index contributed by atoms with van der Waals surface area (Å²) in [7, 11) is 0. The van der Waals surface area contributed by atoms with Crippen molar-refractivity contribution < 1.29 is 0 Å². The molecule has 2 atom stereocenters. The Kier molecular flexibility index (Phi) is 7.32. The van der Waals surface area contributed by atoms with Crippen molar-refractivity contribution >= 4 is 47.2 Å². The van der Waals surface area contributed by atoms with E-state index in [1.807, 2.05) is 43.3 Å². The van der Waals surface area contributed by atoms with E-state index in [-0.39, 0.29) is 24.4 Å². The van der Waals surface area contributed by atoms with Crippen LogP contribution >= 0.6 is 47.2 Å². The molecule has 2 N–H and O–H groups in total. The lowest BCUT2D eigenvalue weighted by Gasteiger charge is -2.22. The maximum Gasteiger partial charge on any atom is 0.0453 e. The quantitative estimate of drug-likeness (QED) is 0.735. The van der Waals surface area contributed by atoms with Crippen molar-refractivity contribution in [2.45, 2.75) is 25.3 Å². The minimum absolute atomic E-state index is 0. The molecule has 1 nitrogen and oxygen atoms in total. The molecular weight excluding hydrogens is 348 g/mol. The molecule has 0 fully saturated rings. The lowest BCUT2D eigenvalue weighted by molar-refractivity contribution is 0.565. The normalized spacial score (nSPS) is 13.4. The van der Waals surface area contributed by atoms with Gasteiger partial charge in [0.15, 0.2) is 0 Å². The highest BCUT2D eigenvalue weighted by Crippen LogP contribution is 2.29. The number of hydrogen-bond acceptors (Lipinski definition) is 1. The largest absolute Gasteiger partial charge is 0.327 e. The molecule has 0 aliphatic rings. The zero-order valence-corrected chi connectivity index (χ0v) is 14.6. The Hall–Kier alpha value is -0.440. The highest BCUT2D eigenvalue weighted by molar-refractivity contribution is 6.35. The fraction of sp³-hybridized carbons (Fsp3) is 0.250. The van der Waals surface area contributed by atoms with E-state index in [4.69, 9.17) is 40.5 Å². The second-order valence-electron chi connectivity index (χ2n) is 4.96. The van der Waals surface area contributed by atoms with Gasteiger partial charge in [-0.25, -0.2) is 0 Å². The number of nitrogens with two attached hydrogens (primary N) is 1. The fourth-order valence-electron chi connectivity index (χ4n) is 2.24. The van der Waals surface area contributed by atoms with Crippen molar-refractivity contribution in [3.8, 4) is 0 Å². The molecule has 0 saturated carbocycles. The third-order valence-electron chi connectivity index (χ3n) is 3.39. The van der Waals surface area contributed by atoms with E-state index in [1.165, 1.54) is 0 Å². The van der Waals surface area contributed by atoms with Gasteiger partial charge in [-0.1, -0.05) is 53.0 Å². The monoisotopic (exact) mass is 363 g/mol. The predicted octanol–water partition coefficient (Wildman–Crippen LogP) is 5.74. The van der Waals surface area contributed by atoms with Crippen LogP contribution < -0.4 is 5.73 Å². The first kappa shape index (κ1) is 18.6. The Balaban J connectivity index is 0.00000220. The molecule has 0 aliphatic carbocycles. The van der Waals surface area contributed by atoms with Gasteiger partial charge in [0.25, 0.3) is 0 Å². The number of halogens is 4. The smallest absolute Gasteiger partial charge is 0.0453 e. The molecule has 0 amide bonds. The average Bonchev–Trinajstić information content (AvgIpc) is 2.39. The molecule has 21 heavy (non-hydrogen) atoms. The molecule has 114 valence electrons. The van der Waals surface area contributed by atoms with Crippen LogP contribution in [0.5, 0.6) is 0 Å². The second kappa shape index (κ2) is 8.26. The van der Waals surface area contributed by atoms with Crippen LogP contribution in [0.15, 0.2) is 42.5 Å². The van der Waals surface area contributed by atoms with E-state index in [2.05, 4.69) is 0 Å². The first-order valence-corrected chi connectivity index (χ1v) is 7.55. The third kappa shape index (κ3) is 5.05. The zero-order chi connectivity index (χ0) is 14.7. The summed E-state index contributed by atoms with van der Waals surface area (Å²) in [5.41, 5.74) is 8.34. The van der Waals surface area contributed by atoms with E-state index in [0.717, 1.165) is 22.6 Å². The van der Waals surface area contributed by atoms with Gasteiger partial charge in [-0.05, 0) is 48.7 Å². The van der Waals surface area contributed by atoms with Gasteiger partial charge in [0.05, 0.1) is 0 Å². The lowest BCUT2D eigenvalue weighted by atomic mass is 9.87. The molecule has 5 heteroatoms. The summed E-state index contributed by atoms with van der Waals surface area (Å²) in [6.45, 7) is 2.00. The minimum Gasteiger partial charge on any atom is -0.327 e. The number of benzene rings is 2. The third-order valence-corrected chi connectivity index (χ3v) is 4.23.